The van der Waals surface area contributed by atoms with E-state index in [0.717, 1.165) is 14.7 Å². The summed E-state index contributed by atoms with van der Waals surface area (Å²) in [6.07, 6.45) is 0. The molecule has 0 saturated heterocycles. The molecule has 0 aliphatic heterocycles. The monoisotopic (exact) mass is 438 g/mol. The molecule has 0 radical (unpaired) electrons. The topological polar surface area (TPSA) is 71.3 Å². The Bertz CT molecular complexity index is 1350. The van der Waals surface area contributed by atoms with Gasteiger partial charge in [0.05, 0.1) is 9.58 Å². The van der Waals surface area contributed by atoms with Crippen LogP contribution < -0.4 is 10.2 Å². The van der Waals surface area contributed by atoms with Crippen LogP contribution in [0.5, 0.6) is 0 Å². The Kier molecular flexibility index (Phi) is 4.48. The number of thiazole rings is 1. The molecular formula is C21H15FN4O2S2. The number of thiophene rings is 1. The molecule has 30 heavy (non-hydrogen) atoms. The molecule has 5 aromatic rings. The minimum Gasteiger partial charge on any atom is -0.436 e. The number of hydrogen-bond donors (Lipinski definition) is 1. The van der Waals surface area contributed by atoms with Gasteiger partial charge in [-0.3, -0.25) is 4.79 Å². The van der Waals surface area contributed by atoms with Crippen LogP contribution in [-0.2, 0) is 0 Å². The second kappa shape index (κ2) is 7.19. The first-order chi connectivity index (χ1) is 14.5. The van der Waals surface area contributed by atoms with Gasteiger partial charge < -0.3 is 14.6 Å². The van der Waals surface area contributed by atoms with E-state index in [-0.39, 0.29) is 11.7 Å². The molecule has 2 aromatic carbocycles. The fourth-order valence-corrected chi connectivity index (χ4v) is 4.97. The number of aromatic nitrogens is 2. The Labute approximate surface area is 178 Å². The lowest BCUT2D eigenvalue weighted by Gasteiger charge is -2.05. The fraction of sp³-hybridized carbons (Fsp3) is 0.0952. The molecule has 0 spiro atoms. The van der Waals surface area contributed by atoms with Crippen molar-refractivity contribution in [3.05, 3.63) is 59.2 Å². The summed E-state index contributed by atoms with van der Waals surface area (Å²) < 4.78 is 19.9. The van der Waals surface area contributed by atoms with Crippen LogP contribution in [0, 0.1) is 5.82 Å². The van der Waals surface area contributed by atoms with Crippen molar-refractivity contribution in [3.63, 3.8) is 0 Å². The van der Waals surface area contributed by atoms with Gasteiger partial charge in [0.25, 0.3) is 5.91 Å². The zero-order chi connectivity index (χ0) is 20.8. The molecule has 1 N–H and O–H groups in total. The van der Waals surface area contributed by atoms with E-state index >= 15 is 0 Å². The zero-order valence-corrected chi connectivity index (χ0v) is 17.6. The number of carbonyl (C=O) groups excluding carboxylic acids is 1. The van der Waals surface area contributed by atoms with Gasteiger partial charge in [-0.25, -0.2) is 14.4 Å². The highest BCUT2D eigenvalue weighted by Crippen LogP contribution is 2.34. The number of rotatable bonds is 4. The zero-order valence-electron chi connectivity index (χ0n) is 16.0. The molecule has 5 rings (SSSR count). The van der Waals surface area contributed by atoms with Crippen molar-refractivity contribution in [2.45, 2.75) is 0 Å². The number of oxazole rings is 1. The molecule has 0 aliphatic carbocycles. The smallest absolute Gasteiger partial charge is 0.265 e. The van der Waals surface area contributed by atoms with Gasteiger partial charge in [0.1, 0.15) is 16.2 Å². The van der Waals surface area contributed by atoms with Crippen molar-refractivity contribution in [1.82, 2.24) is 9.97 Å². The minimum atomic E-state index is -0.318. The molecule has 1 amide bonds. The molecule has 150 valence electrons. The summed E-state index contributed by atoms with van der Waals surface area (Å²) in [4.78, 5) is 25.1. The van der Waals surface area contributed by atoms with Crippen molar-refractivity contribution in [2.24, 2.45) is 0 Å². The third-order valence-corrected chi connectivity index (χ3v) is 6.75. The van der Waals surface area contributed by atoms with Gasteiger partial charge in [-0.1, -0.05) is 11.3 Å². The van der Waals surface area contributed by atoms with Crippen molar-refractivity contribution < 1.29 is 13.6 Å². The Hall–Kier alpha value is -3.30. The maximum Gasteiger partial charge on any atom is 0.265 e. The molecule has 0 fully saturated rings. The van der Waals surface area contributed by atoms with Crippen LogP contribution >= 0.6 is 22.7 Å². The Morgan fingerprint density at radius 3 is 2.60 bits per heavy atom. The summed E-state index contributed by atoms with van der Waals surface area (Å²) in [6, 6.07) is 13.1. The summed E-state index contributed by atoms with van der Waals surface area (Å²) >= 11 is 2.92. The first-order valence-electron chi connectivity index (χ1n) is 9.02. The van der Waals surface area contributed by atoms with Gasteiger partial charge >= 0.3 is 0 Å². The van der Waals surface area contributed by atoms with Crippen LogP contribution in [0.4, 0.5) is 15.2 Å². The maximum atomic E-state index is 13.1. The third-order valence-electron chi connectivity index (χ3n) is 4.42. The van der Waals surface area contributed by atoms with Gasteiger partial charge in [0.15, 0.2) is 10.7 Å². The number of amides is 1. The molecule has 0 aliphatic rings. The second-order valence-corrected chi connectivity index (χ2v) is 8.87. The summed E-state index contributed by atoms with van der Waals surface area (Å²) in [5, 5.41) is 3.82. The summed E-state index contributed by atoms with van der Waals surface area (Å²) in [7, 11) is 3.88. The highest BCUT2D eigenvalue weighted by atomic mass is 32.1. The van der Waals surface area contributed by atoms with Gasteiger partial charge in [0.2, 0.25) is 5.89 Å². The number of nitrogens with one attached hydrogen (secondary N) is 1. The average molecular weight is 439 g/mol. The summed E-state index contributed by atoms with van der Waals surface area (Å²) in [6.45, 7) is 0. The van der Waals surface area contributed by atoms with E-state index < -0.39 is 0 Å². The minimum absolute atomic E-state index is 0.196. The van der Waals surface area contributed by atoms with Crippen molar-refractivity contribution in [2.75, 3.05) is 24.3 Å². The molecule has 3 heterocycles. The number of fused-ring (bicyclic) bond motifs is 2. The molecule has 6 nitrogen and oxygen atoms in total. The number of benzene rings is 2. The van der Waals surface area contributed by atoms with Crippen LogP contribution in [-0.4, -0.2) is 30.0 Å². The Balaban J connectivity index is 1.38. The van der Waals surface area contributed by atoms with Gasteiger partial charge in [-0.05, 0) is 48.5 Å². The number of hydrogen-bond acceptors (Lipinski definition) is 7. The first kappa shape index (κ1) is 18.7. The van der Waals surface area contributed by atoms with E-state index in [4.69, 9.17) is 4.42 Å². The van der Waals surface area contributed by atoms with Gasteiger partial charge in [-0.15, -0.1) is 11.3 Å². The van der Waals surface area contributed by atoms with E-state index in [9.17, 15) is 9.18 Å². The number of anilines is 2. The third kappa shape index (κ3) is 3.42. The molecular weight excluding hydrogens is 423 g/mol. The molecule has 0 atom stereocenters. The van der Waals surface area contributed by atoms with Gasteiger partial charge in [0, 0.05) is 25.3 Å². The summed E-state index contributed by atoms with van der Waals surface area (Å²) in [5.74, 6) is -0.116. The maximum absolute atomic E-state index is 13.1. The van der Waals surface area contributed by atoms with E-state index in [0.29, 0.717) is 33.1 Å². The van der Waals surface area contributed by atoms with Crippen molar-refractivity contribution in [3.8, 4) is 11.5 Å². The highest BCUT2D eigenvalue weighted by Gasteiger charge is 2.16. The summed E-state index contributed by atoms with van der Waals surface area (Å²) in [5.41, 5.74) is 2.49. The standard InChI is InChI=1S/C21H15FN4O2S2/c1-26(2)21-25-20-17(30-21)10-16(29-20)18(27)23-13-7-8-15-14(9-13)24-19(28-15)11-3-5-12(22)6-4-11/h3-10H,1-2H3,(H,23,27). The van der Waals surface area contributed by atoms with Crippen LogP contribution in [0.15, 0.2) is 52.9 Å². The Morgan fingerprint density at radius 1 is 1.07 bits per heavy atom. The van der Waals surface area contributed by atoms with Gasteiger partial charge in [-0.2, -0.15) is 0 Å². The normalized spacial score (nSPS) is 11.3. The average Bonchev–Trinajstić information content (AvgIpc) is 3.40. The predicted molar refractivity (Wildman–Crippen MR) is 119 cm³/mol. The molecule has 0 saturated carbocycles. The molecule has 0 unspecified atom stereocenters. The van der Waals surface area contributed by atoms with Crippen LogP contribution in [0.2, 0.25) is 0 Å². The highest BCUT2D eigenvalue weighted by molar-refractivity contribution is 7.29. The number of nitrogens with zero attached hydrogens (tertiary/aromatic N) is 3. The SMILES string of the molecule is CN(C)c1nc2sc(C(=O)Nc3ccc4oc(-c5ccc(F)cc5)nc4c3)cc2s1. The quantitative estimate of drug-likeness (QED) is 0.394. The first-order valence-corrected chi connectivity index (χ1v) is 10.7. The second-order valence-electron chi connectivity index (χ2n) is 6.83. The fourth-order valence-electron chi connectivity index (χ4n) is 2.94. The lowest BCUT2D eigenvalue weighted by atomic mass is 10.2. The van der Waals surface area contributed by atoms with E-state index in [1.165, 1.54) is 23.5 Å². The Morgan fingerprint density at radius 2 is 1.87 bits per heavy atom. The van der Waals surface area contributed by atoms with Crippen LogP contribution in [0.3, 0.4) is 0 Å². The van der Waals surface area contributed by atoms with E-state index in [1.54, 1.807) is 41.7 Å². The number of carbonyl (C=O) groups is 1. The van der Waals surface area contributed by atoms with Crippen LogP contribution in [0.1, 0.15) is 9.67 Å². The molecule has 9 heteroatoms. The van der Waals surface area contributed by atoms with Crippen LogP contribution in [0.25, 0.3) is 32.1 Å². The van der Waals surface area contributed by atoms with Crippen molar-refractivity contribution in [1.29, 1.82) is 0 Å². The molecule has 0 bridgehead atoms. The lowest BCUT2D eigenvalue weighted by molar-refractivity contribution is 0.103. The van der Waals surface area contributed by atoms with Crippen molar-refractivity contribution >= 4 is 60.0 Å². The predicted octanol–water partition coefficient (Wildman–Crippen LogP) is 5.62. The van der Waals surface area contributed by atoms with E-state index in [2.05, 4.69) is 15.3 Å². The number of halogens is 1. The largest absolute Gasteiger partial charge is 0.436 e. The lowest BCUT2D eigenvalue weighted by Crippen LogP contribution is -2.10. The van der Waals surface area contributed by atoms with E-state index in [1.807, 2.05) is 25.1 Å². The molecule has 3 aromatic heterocycles.